The molecule has 2 aromatic rings. The molecule has 7 heteroatoms. The number of aryl methyl sites for hydroxylation is 1. The molecule has 1 saturated heterocycles. The van der Waals surface area contributed by atoms with Crippen LogP contribution in [0.5, 0.6) is 0 Å². The molecule has 1 aliphatic rings. The lowest BCUT2D eigenvalue weighted by molar-refractivity contribution is 0.386. The lowest BCUT2D eigenvalue weighted by atomic mass is 10.1. The number of nitrogens with zero attached hydrogens (tertiary/aromatic N) is 2. The van der Waals surface area contributed by atoms with Gasteiger partial charge in [0.05, 0.1) is 4.34 Å². The van der Waals surface area contributed by atoms with Gasteiger partial charge >= 0.3 is 0 Å². The second kappa shape index (κ2) is 6.81. The zero-order chi connectivity index (χ0) is 16.4. The van der Waals surface area contributed by atoms with Gasteiger partial charge in [0.1, 0.15) is 4.21 Å². The van der Waals surface area contributed by atoms with Crippen LogP contribution in [0.2, 0.25) is 4.34 Å². The van der Waals surface area contributed by atoms with Crippen LogP contribution >= 0.6 is 22.9 Å². The number of anilines is 1. The van der Waals surface area contributed by atoms with E-state index in [0.717, 1.165) is 23.4 Å². The van der Waals surface area contributed by atoms with Crippen molar-refractivity contribution in [3.8, 4) is 0 Å². The zero-order valence-electron chi connectivity index (χ0n) is 12.9. The first-order chi connectivity index (χ1) is 11.0. The van der Waals surface area contributed by atoms with Crippen molar-refractivity contribution < 1.29 is 8.42 Å². The van der Waals surface area contributed by atoms with E-state index in [2.05, 4.69) is 36.1 Å². The topological polar surface area (TPSA) is 40.6 Å². The van der Waals surface area contributed by atoms with Gasteiger partial charge in [-0.1, -0.05) is 30.7 Å². The maximum atomic E-state index is 12.6. The Morgan fingerprint density at radius 3 is 2.22 bits per heavy atom. The van der Waals surface area contributed by atoms with Crippen LogP contribution in [-0.4, -0.2) is 38.9 Å². The number of rotatable bonds is 4. The van der Waals surface area contributed by atoms with Crippen molar-refractivity contribution in [1.29, 1.82) is 0 Å². The van der Waals surface area contributed by atoms with Gasteiger partial charge in [-0.25, -0.2) is 8.42 Å². The Balaban J connectivity index is 1.68. The molecule has 0 bridgehead atoms. The summed E-state index contributed by atoms with van der Waals surface area (Å²) in [5.41, 5.74) is 2.46. The van der Waals surface area contributed by atoms with Crippen LogP contribution in [0.15, 0.2) is 40.6 Å². The Bertz CT molecular complexity index is 764. The summed E-state index contributed by atoms with van der Waals surface area (Å²) in [6, 6.07) is 11.7. The standard InChI is InChI=1S/C16H19ClN2O2S2/c1-2-13-3-5-14(6-4-13)18-9-11-19(12-10-18)23(20,21)16-8-7-15(17)22-16/h3-8H,2,9-12H2,1H3. The third-order valence-electron chi connectivity index (χ3n) is 4.09. The summed E-state index contributed by atoms with van der Waals surface area (Å²) in [6.07, 6.45) is 1.02. The molecule has 0 saturated carbocycles. The molecule has 1 fully saturated rings. The molecule has 0 amide bonds. The molecular weight excluding hydrogens is 352 g/mol. The second-order valence-electron chi connectivity index (χ2n) is 5.47. The third kappa shape index (κ3) is 3.55. The third-order valence-corrected chi connectivity index (χ3v) is 7.69. The highest BCUT2D eigenvalue weighted by Crippen LogP contribution is 2.29. The van der Waals surface area contributed by atoms with Crippen molar-refractivity contribution in [3.05, 3.63) is 46.3 Å². The van der Waals surface area contributed by atoms with Crippen LogP contribution in [0.3, 0.4) is 0 Å². The number of thiophene rings is 1. The summed E-state index contributed by atoms with van der Waals surface area (Å²) in [4.78, 5) is 2.23. The Hall–Kier alpha value is -1.08. The molecule has 1 aromatic heterocycles. The fraction of sp³-hybridized carbons (Fsp3) is 0.375. The van der Waals surface area contributed by atoms with Crippen LogP contribution in [0.4, 0.5) is 5.69 Å². The molecule has 1 aromatic carbocycles. The van der Waals surface area contributed by atoms with Crippen LogP contribution < -0.4 is 4.90 Å². The first kappa shape index (κ1) is 16.8. The van der Waals surface area contributed by atoms with E-state index < -0.39 is 10.0 Å². The maximum absolute atomic E-state index is 12.6. The summed E-state index contributed by atoms with van der Waals surface area (Å²) in [6.45, 7) is 4.52. The molecule has 23 heavy (non-hydrogen) atoms. The number of benzene rings is 1. The van der Waals surface area contributed by atoms with Crippen LogP contribution in [0.25, 0.3) is 0 Å². The Labute approximate surface area is 146 Å². The van der Waals surface area contributed by atoms with Crippen molar-refractivity contribution in [3.63, 3.8) is 0 Å². The van der Waals surface area contributed by atoms with Gasteiger partial charge in [0.15, 0.2) is 0 Å². The van der Waals surface area contributed by atoms with E-state index in [1.807, 2.05) is 0 Å². The van der Waals surface area contributed by atoms with Crippen molar-refractivity contribution in [2.45, 2.75) is 17.6 Å². The molecule has 1 aliphatic heterocycles. The number of hydrogen-bond acceptors (Lipinski definition) is 4. The van der Waals surface area contributed by atoms with Gasteiger partial charge in [-0.05, 0) is 36.2 Å². The molecule has 3 rings (SSSR count). The molecule has 2 heterocycles. The minimum absolute atomic E-state index is 0.322. The summed E-state index contributed by atoms with van der Waals surface area (Å²) < 4.78 is 27.5. The minimum atomic E-state index is -3.42. The van der Waals surface area contributed by atoms with E-state index in [0.29, 0.717) is 34.7 Å². The number of halogens is 1. The summed E-state index contributed by atoms with van der Waals surface area (Å²) in [5, 5.41) is 0. The summed E-state index contributed by atoms with van der Waals surface area (Å²) in [7, 11) is -3.42. The monoisotopic (exact) mass is 370 g/mol. The molecule has 0 spiro atoms. The highest BCUT2D eigenvalue weighted by Gasteiger charge is 2.29. The van der Waals surface area contributed by atoms with E-state index in [4.69, 9.17) is 11.6 Å². The average Bonchev–Trinajstić information content (AvgIpc) is 3.02. The minimum Gasteiger partial charge on any atom is -0.369 e. The van der Waals surface area contributed by atoms with E-state index in [1.165, 1.54) is 5.56 Å². The molecule has 0 aliphatic carbocycles. The van der Waals surface area contributed by atoms with Gasteiger partial charge in [0.25, 0.3) is 10.0 Å². The predicted molar refractivity (Wildman–Crippen MR) is 96.1 cm³/mol. The lowest BCUT2D eigenvalue weighted by Crippen LogP contribution is -2.48. The highest BCUT2D eigenvalue weighted by atomic mass is 35.5. The van der Waals surface area contributed by atoms with Crippen molar-refractivity contribution >= 4 is 38.6 Å². The SMILES string of the molecule is CCc1ccc(N2CCN(S(=O)(=O)c3ccc(Cl)s3)CC2)cc1. The predicted octanol–water partition coefficient (Wildman–Crippen LogP) is 3.47. The van der Waals surface area contributed by atoms with Crippen molar-refractivity contribution in [2.75, 3.05) is 31.1 Å². The summed E-state index contributed by atoms with van der Waals surface area (Å²) >= 11 is 6.97. The maximum Gasteiger partial charge on any atom is 0.252 e. The van der Waals surface area contributed by atoms with Gasteiger partial charge in [-0.15, -0.1) is 11.3 Å². The largest absolute Gasteiger partial charge is 0.369 e. The number of piperazine rings is 1. The van der Waals surface area contributed by atoms with Gasteiger partial charge in [0.2, 0.25) is 0 Å². The lowest BCUT2D eigenvalue weighted by Gasteiger charge is -2.35. The molecule has 0 radical (unpaired) electrons. The van der Waals surface area contributed by atoms with Crippen LogP contribution in [0, 0.1) is 0 Å². The first-order valence-corrected chi connectivity index (χ1v) is 10.2. The van der Waals surface area contributed by atoms with Crippen LogP contribution in [0.1, 0.15) is 12.5 Å². The van der Waals surface area contributed by atoms with Gasteiger partial charge in [-0.2, -0.15) is 4.31 Å². The summed E-state index contributed by atoms with van der Waals surface area (Å²) in [5.74, 6) is 0. The van der Waals surface area contributed by atoms with Crippen molar-refractivity contribution in [1.82, 2.24) is 4.31 Å². The second-order valence-corrected chi connectivity index (χ2v) is 9.35. The smallest absolute Gasteiger partial charge is 0.252 e. The molecule has 0 N–H and O–H groups in total. The molecular formula is C16H19ClN2O2S2. The van der Waals surface area contributed by atoms with Gasteiger partial charge in [0, 0.05) is 31.9 Å². The number of hydrogen-bond donors (Lipinski definition) is 0. The Morgan fingerprint density at radius 1 is 1.04 bits per heavy atom. The van der Waals surface area contributed by atoms with E-state index in [1.54, 1.807) is 16.4 Å². The highest BCUT2D eigenvalue weighted by molar-refractivity contribution is 7.91. The Morgan fingerprint density at radius 2 is 1.70 bits per heavy atom. The van der Waals surface area contributed by atoms with E-state index in [9.17, 15) is 8.42 Å². The molecule has 4 nitrogen and oxygen atoms in total. The average molecular weight is 371 g/mol. The fourth-order valence-electron chi connectivity index (χ4n) is 2.69. The molecule has 0 atom stereocenters. The van der Waals surface area contributed by atoms with Crippen LogP contribution in [-0.2, 0) is 16.4 Å². The quantitative estimate of drug-likeness (QED) is 0.827. The van der Waals surface area contributed by atoms with E-state index in [-0.39, 0.29) is 0 Å². The normalized spacial score (nSPS) is 16.7. The first-order valence-electron chi connectivity index (χ1n) is 7.60. The zero-order valence-corrected chi connectivity index (χ0v) is 15.3. The molecule has 0 unspecified atom stereocenters. The fourth-order valence-corrected chi connectivity index (χ4v) is 5.75. The van der Waals surface area contributed by atoms with E-state index >= 15 is 0 Å². The Kier molecular flexibility index (Phi) is 4.96. The van der Waals surface area contributed by atoms with Gasteiger partial charge in [-0.3, -0.25) is 0 Å². The molecule has 124 valence electrons. The van der Waals surface area contributed by atoms with Gasteiger partial charge < -0.3 is 4.90 Å². The number of sulfonamides is 1. The van der Waals surface area contributed by atoms with Crippen molar-refractivity contribution in [2.24, 2.45) is 0 Å².